The van der Waals surface area contributed by atoms with Crippen LogP contribution in [0, 0.1) is 0 Å². The smallest absolute Gasteiger partial charge is 0.142 e. The van der Waals surface area contributed by atoms with Gasteiger partial charge in [0.15, 0.2) is 0 Å². The summed E-state index contributed by atoms with van der Waals surface area (Å²) < 4.78 is 0. The van der Waals surface area contributed by atoms with Gasteiger partial charge in [0.1, 0.15) is 5.82 Å². The zero-order chi connectivity index (χ0) is 14.0. The normalized spacial score (nSPS) is 27.8. The minimum Gasteiger partial charge on any atom is -0.240 e. The van der Waals surface area contributed by atoms with Crippen LogP contribution in [0.3, 0.4) is 0 Å². The fraction of sp³-hybridized carbons (Fsp3) is 0.714. The molecule has 0 amide bonds. The van der Waals surface area contributed by atoms with Gasteiger partial charge in [-0.25, -0.2) is 9.97 Å². The highest BCUT2D eigenvalue weighted by Crippen LogP contribution is 2.43. The van der Waals surface area contributed by atoms with E-state index in [-0.39, 0.29) is 0 Å². The standard InChI is InChI=1S/C14H21ClN2S2/c1-8(2)13-11(5-15)6-16-14(17-13)12-7-18-9(3)10(4)19-12/h6,8-10,12H,5,7H2,1-4H3. The Kier molecular flexibility index (Phi) is 5.44. The Bertz CT molecular complexity index is 439. The van der Waals surface area contributed by atoms with Crippen molar-refractivity contribution in [1.82, 2.24) is 9.97 Å². The molecule has 0 saturated carbocycles. The van der Waals surface area contributed by atoms with Crippen LogP contribution in [0.1, 0.15) is 55.9 Å². The molecule has 1 aromatic rings. The Morgan fingerprint density at radius 3 is 2.68 bits per heavy atom. The number of thioether (sulfide) groups is 2. The Labute approximate surface area is 129 Å². The van der Waals surface area contributed by atoms with Crippen LogP contribution in [-0.4, -0.2) is 26.2 Å². The number of hydrogen-bond acceptors (Lipinski definition) is 4. The van der Waals surface area contributed by atoms with Gasteiger partial charge in [-0.2, -0.15) is 11.8 Å². The lowest BCUT2D eigenvalue weighted by molar-refractivity contribution is 0.765. The monoisotopic (exact) mass is 316 g/mol. The number of alkyl halides is 1. The quantitative estimate of drug-likeness (QED) is 0.759. The second-order valence-electron chi connectivity index (χ2n) is 5.30. The van der Waals surface area contributed by atoms with Crippen molar-refractivity contribution in [3.05, 3.63) is 23.3 Å². The zero-order valence-electron chi connectivity index (χ0n) is 11.9. The van der Waals surface area contributed by atoms with Crippen molar-refractivity contribution >= 4 is 35.1 Å². The van der Waals surface area contributed by atoms with Gasteiger partial charge in [-0.1, -0.05) is 27.7 Å². The molecule has 1 aromatic heterocycles. The van der Waals surface area contributed by atoms with Crippen molar-refractivity contribution in [2.24, 2.45) is 0 Å². The van der Waals surface area contributed by atoms with Gasteiger partial charge < -0.3 is 0 Å². The summed E-state index contributed by atoms with van der Waals surface area (Å²) in [4.78, 5) is 9.34. The zero-order valence-corrected chi connectivity index (χ0v) is 14.3. The maximum atomic E-state index is 5.97. The number of aromatic nitrogens is 2. The summed E-state index contributed by atoms with van der Waals surface area (Å²) in [7, 11) is 0. The third-order valence-corrected chi connectivity index (χ3v) is 7.12. The summed E-state index contributed by atoms with van der Waals surface area (Å²) in [5.74, 6) is 2.98. The molecule has 2 heterocycles. The molecular weight excluding hydrogens is 296 g/mol. The van der Waals surface area contributed by atoms with E-state index in [0.29, 0.717) is 27.5 Å². The first-order chi connectivity index (χ1) is 9.02. The minimum atomic E-state index is 0.396. The molecule has 1 aliphatic rings. The summed E-state index contributed by atoms with van der Waals surface area (Å²) in [6.45, 7) is 8.92. The Morgan fingerprint density at radius 1 is 1.37 bits per heavy atom. The molecule has 0 aromatic carbocycles. The van der Waals surface area contributed by atoms with Crippen molar-refractivity contribution in [1.29, 1.82) is 0 Å². The van der Waals surface area contributed by atoms with Crippen LogP contribution in [0.15, 0.2) is 6.20 Å². The predicted molar refractivity (Wildman–Crippen MR) is 87.4 cm³/mol. The van der Waals surface area contributed by atoms with Crippen LogP contribution in [0.4, 0.5) is 0 Å². The van der Waals surface area contributed by atoms with Crippen molar-refractivity contribution in [2.45, 2.75) is 55.2 Å². The molecule has 0 radical (unpaired) electrons. The van der Waals surface area contributed by atoms with E-state index >= 15 is 0 Å². The highest BCUT2D eigenvalue weighted by atomic mass is 35.5. The van der Waals surface area contributed by atoms with Crippen LogP contribution in [0.2, 0.25) is 0 Å². The van der Waals surface area contributed by atoms with E-state index in [1.165, 1.54) is 0 Å². The average Bonchev–Trinajstić information content (AvgIpc) is 2.41. The van der Waals surface area contributed by atoms with Gasteiger partial charge in [0.05, 0.1) is 16.8 Å². The molecule has 0 bridgehead atoms. The first kappa shape index (κ1) is 15.5. The lowest BCUT2D eigenvalue weighted by Gasteiger charge is -2.30. The van der Waals surface area contributed by atoms with Gasteiger partial charge >= 0.3 is 0 Å². The molecule has 3 atom stereocenters. The molecule has 5 heteroatoms. The minimum absolute atomic E-state index is 0.396. The van der Waals surface area contributed by atoms with Crippen LogP contribution < -0.4 is 0 Å². The fourth-order valence-corrected chi connectivity index (χ4v) is 5.17. The fourth-order valence-electron chi connectivity index (χ4n) is 2.11. The molecule has 2 nitrogen and oxygen atoms in total. The maximum Gasteiger partial charge on any atom is 0.142 e. The van der Waals surface area contributed by atoms with Crippen LogP contribution in [-0.2, 0) is 5.88 Å². The van der Waals surface area contributed by atoms with E-state index in [0.717, 1.165) is 22.8 Å². The van der Waals surface area contributed by atoms with Gasteiger partial charge in [-0.3, -0.25) is 0 Å². The molecule has 1 aliphatic heterocycles. The number of halogens is 1. The summed E-state index contributed by atoms with van der Waals surface area (Å²) in [6.07, 6.45) is 1.92. The molecule has 19 heavy (non-hydrogen) atoms. The van der Waals surface area contributed by atoms with E-state index in [9.17, 15) is 0 Å². The summed E-state index contributed by atoms with van der Waals surface area (Å²) in [5.41, 5.74) is 2.17. The molecule has 3 unspecified atom stereocenters. The predicted octanol–water partition coefficient (Wildman–Crippen LogP) is 4.64. The number of nitrogens with zero attached hydrogens (tertiary/aromatic N) is 2. The summed E-state index contributed by atoms with van der Waals surface area (Å²) >= 11 is 10.00. The maximum absolute atomic E-state index is 5.97. The Balaban J connectivity index is 2.23. The van der Waals surface area contributed by atoms with Gasteiger partial charge in [-0.05, 0) is 5.92 Å². The van der Waals surface area contributed by atoms with Gasteiger partial charge in [0.2, 0.25) is 0 Å². The lowest BCUT2D eigenvalue weighted by Crippen LogP contribution is -2.23. The first-order valence-corrected chi connectivity index (χ1v) is 9.24. The Hall–Kier alpha value is 0.0700. The van der Waals surface area contributed by atoms with Gasteiger partial charge in [-0.15, -0.1) is 23.4 Å². The summed E-state index contributed by atoms with van der Waals surface area (Å²) in [5, 5.41) is 1.79. The van der Waals surface area contributed by atoms with E-state index in [2.05, 4.69) is 32.7 Å². The van der Waals surface area contributed by atoms with Crippen molar-refractivity contribution in [3.8, 4) is 0 Å². The van der Waals surface area contributed by atoms with Crippen LogP contribution >= 0.6 is 35.1 Å². The Morgan fingerprint density at radius 2 is 2.11 bits per heavy atom. The molecule has 0 spiro atoms. The van der Waals surface area contributed by atoms with E-state index in [1.54, 1.807) is 0 Å². The molecule has 106 valence electrons. The van der Waals surface area contributed by atoms with Crippen molar-refractivity contribution in [3.63, 3.8) is 0 Å². The first-order valence-electron chi connectivity index (χ1n) is 6.71. The summed E-state index contributed by atoms with van der Waals surface area (Å²) in [6, 6.07) is 0. The highest BCUT2D eigenvalue weighted by molar-refractivity contribution is 8.07. The topological polar surface area (TPSA) is 25.8 Å². The average molecular weight is 317 g/mol. The molecule has 0 N–H and O–H groups in total. The van der Waals surface area contributed by atoms with Crippen molar-refractivity contribution in [2.75, 3.05) is 5.75 Å². The molecule has 1 saturated heterocycles. The SMILES string of the molecule is CC(C)c1nc(C2CSC(C)C(C)S2)ncc1CCl. The molecule has 0 aliphatic carbocycles. The van der Waals surface area contributed by atoms with E-state index < -0.39 is 0 Å². The van der Waals surface area contributed by atoms with Crippen molar-refractivity contribution < 1.29 is 0 Å². The largest absolute Gasteiger partial charge is 0.240 e. The number of hydrogen-bond donors (Lipinski definition) is 0. The molecule has 1 fully saturated rings. The second kappa shape index (κ2) is 6.68. The lowest BCUT2D eigenvalue weighted by atomic mass is 10.1. The molecular formula is C14H21ClN2S2. The molecule has 2 rings (SSSR count). The number of rotatable bonds is 3. The van der Waals surface area contributed by atoms with E-state index in [1.807, 2.05) is 29.7 Å². The van der Waals surface area contributed by atoms with E-state index in [4.69, 9.17) is 16.6 Å². The van der Waals surface area contributed by atoms with Gasteiger partial charge in [0, 0.05) is 28.0 Å². The van der Waals surface area contributed by atoms with Crippen LogP contribution in [0.5, 0.6) is 0 Å². The third kappa shape index (κ3) is 3.59. The third-order valence-electron chi connectivity index (χ3n) is 3.45. The highest BCUT2D eigenvalue weighted by Gasteiger charge is 2.29. The van der Waals surface area contributed by atoms with Gasteiger partial charge in [0.25, 0.3) is 0 Å². The second-order valence-corrected chi connectivity index (χ2v) is 8.56. The van der Waals surface area contributed by atoms with Crippen LogP contribution in [0.25, 0.3) is 0 Å².